The smallest absolute Gasteiger partial charge is 0.340 e. The Morgan fingerprint density at radius 3 is 2.87 bits per heavy atom. The maximum Gasteiger partial charge on any atom is 0.340 e. The highest BCUT2D eigenvalue weighted by atomic mass is 32.2. The van der Waals surface area contributed by atoms with E-state index in [2.05, 4.69) is 28.2 Å². The summed E-state index contributed by atoms with van der Waals surface area (Å²) in [4.78, 5) is 26.7. The molecule has 1 N–H and O–H groups in total. The molecule has 10 heteroatoms. The van der Waals surface area contributed by atoms with E-state index in [0.29, 0.717) is 28.7 Å². The Labute approximate surface area is 187 Å². The van der Waals surface area contributed by atoms with Crippen molar-refractivity contribution in [1.29, 1.82) is 0 Å². The van der Waals surface area contributed by atoms with Crippen molar-refractivity contribution in [1.82, 2.24) is 14.8 Å². The number of thioether (sulfide) groups is 1. The van der Waals surface area contributed by atoms with E-state index in [1.165, 1.54) is 35.1 Å². The molecule has 0 aliphatic carbocycles. The number of esters is 1. The van der Waals surface area contributed by atoms with E-state index in [9.17, 15) is 9.59 Å². The van der Waals surface area contributed by atoms with Gasteiger partial charge in [0.25, 0.3) is 0 Å². The molecule has 0 radical (unpaired) electrons. The van der Waals surface area contributed by atoms with E-state index in [4.69, 9.17) is 4.74 Å². The molecule has 0 aromatic carbocycles. The maximum absolute atomic E-state index is 12.5. The van der Waals surface area contributed by atoms with Gasteiger partial charge in [-0.3, -0.25) is 4.79 Å². The Morgan fingerprint density at radius 2 is 2.20 bits per heavy atom. The van der Waals surface area contributed by atoms with Gasteiger partial charge in [-0.05, 0) is 23.9 Å². The number of carbonyl (C=O) groups excluding carboxylic acids is 2. The summed E-state index contributed by atoms with van der Waals surface area (Å²) in [6, 6.07) is 5.82. The predicted molar refractivity (Wildman–Crippen MR) is 122 cm³/mol. The van der Waals surface area contributed by atoms with Crippen LogP contribution in [0.2, 0.25) is 0 Å². The molecule has 3 heterocycles. The molecule has 0 bridgehead atoms. The number of methoxy groups -OCH3 is 1. The highest BCUT2D eigenvalue weighted by molar-refractivity contribution is 7.99. The van der Waals surface area contributed by atoms with Crippen LogP contribution in [0.5, 0.6) is 0 Å². The van der Waals surface area contributed by atoms with Gasteiger partial charge in [0.2, 0.25) is 5.91 Å². The molecule has 3 aromatic heterocycles. The number of rotatable bonds is 10. The lowest BCUT2D eigenvalue weighted by Crippen LogP contribution is -2.16. The Balaban J connectivity index is 1.67. The fourth-order valence-electron chi connectivity index (χ4n) is 2.70. The molecule has 0 aliphatic rings. The van der Waals surface area contributed by atoms with Crippen LogP contribution < -0.4 is 5.32 Å². The lowest BCUT2D eigenvalue weighted by atomic mass is 10.2. The van der Waals surface area contributed by atoms with Crippen molar-refractivity contribution in [2.24, 2.45) is 0 Å². The summed E-state index contributed by atoms with van der Waals surface area (Å²) >= 11 is 4.35. The van der Waals surface area contributed by atoms with Crippen LogP contribution in [0.1, 0.15) is 32.9 Å². The van der Waals surface area contributed by atoms with Crippen molar-refractivity contribution in [3.05, 3.63) is 57.4 Å². The molecule has 0 saturated carbocycles. The lowest BCUT2D eigenvalue weighted by Gasteiger charge is -2.08. The van der Waals surface area contributed by atoms with Gasteiger partial charge in [0, 0.05) is 22.7 Å². The van der Waals surface area contributed by atoms with Crippen LogP contribution >= 0.6 is 34.4 Å². The van der Waals surface area contributed by atoms with Crippen molar-refractivity contribution in [3.63, 3.8) is 0 Å². The zero-order valence-corrected chi connectivity index (χ0v) is 19.2. The molecule has 0 aliphatic heterocycles. The van der Waals surface area contributed by atoms with Crippen molar-refractivity contribution in [2.45, 2.75) is 31.5 Å². The third kappa shape index (κ3) is 5.38. The third-order valence-corrected chi connectivity index (χ3v) is 7.18. The topological polar surface area (TPSA) is 86.1 Å². The predicted octanol–water partition coefficient (Wildman–Crippen LogP) is 4.26. The van der Waals surface area contributed by atoms with E-state index in [-0.39, 0.29) is 11.7 Å². The van der Waals surface area contributed by atoms with Crippen LogP contribution in [0.25, 0.3) is 0 Å². The molecule has 0 spiro atoms. The Kier molecular flexibility index (Phi) is 7.83. The van der Waals surface area contributed by atoms with Gasteiger partial charge in [-0.25, -0.2) is 4.79 Å². The first-order valence-corrected chi connectivity index (χ1v) is 11.9. The van der Waals surface area contributed by atoms with Crippen LogP contribution in [0.15, 0.2) is 41.4 Å². The van der Waals surface area contributed by atoms with Crippen LogP contribution in [0.3, 0.4) is 0 Å². The molecule has 1 amide bonds. The number of hydrogen-bond donors (Lipinski definition) is 1. The summed E-state index contributed by atoms with van der Waals surface area (Å²) in [7, 11) is 1.33. The van der Waals surface area contributed by atoms with Gasteiger partial charge in [0.1, 0.15) is 10.8 Å². The van der Waals surface area contributed by atoms with Crippen molar-refractivity contribution in [2.75, 3.05) is 18.2 Å². The largest absolute Gasteiger partial charge is 0.465 e. The molecule has 3 rings (SSSR count). The second-order valence-electron chi connectivity index (χ2n) is 6.19. The summed E-state index contributed by atoms with van der Waals surface area (Å²) in [6.07, 6.45) is 3.24. The average molecular weight is 463 g/mol. The average Bonchev–Trinajstić information content (AvgIpc) is 3.48. The Bertz CT molecular complexity index is 1020. The molecule has 3 aromatic rings. The number of hydrogen-bond acceptors (Lipinski definition) is 8. The number of nitrogens with zero attached hydrogens (tertiary/aromatic N) is 3. The number of allylic oxidation sites excluding steroid dienone is 1. The first-order chi connectivity index (χ1) is 14.5. The van der Waals surface area contributed by atoms with Crippen LogP contribution in [-0.2, 0) is 28.9 Å². The molecule has 0 unspecified atom stereocenters. The number of carbonyl (C=O) groups is 2. The standard InChI is InChI=1S/C20H22N4O3S3/c1-4-8-24-16(11-14-7-6-9-28-14)22-23-20(24)29-12-17(25)21-18-15(19(26)27-3)10-13(5-2)30-18/h4,6-7,9-10H,1,5,8,11-12H2,2-3H3,(H,21,25). The number of ether oxygens (including phenoxy) is 1. The fraction of sp³-hybridized carbons (Fsp3) is 0.300. The van der Waals surface area contributed by atoms with Crippen molar-refractivity contribution >= 4 is 51.3 Å². The maximum atomic E-state index is 12.5. The van der Waals surface area contributed by atoms with E-state index >= 15 is 0 Å². The molecule has 30 heavy (non-hydrogen) atoms. The van der Waals surface area contributed by atoms with Crippen molar-refractivity contribution < 1.29 is 14.3 Å². The summed E-state index contributed by atoms with van der Waals surface area (Å²) < 4.78 is 6.78. The van der Waals surface area contributed by atoms with E-state index < -0.39 is 5.97 Å². The second-order valence-corrected chi connectivity index (χ2v) is 9.30. The molecular formula is C20H22N4O3S3. The summed E-state index contributed by atoms with van der Waals surface area (Å²) in [5.41, 5.74) is 0.380. The monoisotopic (exact) mass is 462 g/mol. The van der Waals surface area contributed by atoms with Crippen LogP contribution in [-0.4, -0.2) is 39.5 Å². The number of aryl methyl sites for hydroxylation is 1. The van der Waals surface area contributed by atoms with E-state index in [1.807, 2.05) is 22.9 Å². The van der Waals surface area contributed by atoms with Crippen molar-refractivity contribution in [3.8, 4) is 0 Å². The van der Waals surface area contributed by atoms with Gasteiger partial charge in [0.15, 0.2) is 5.16 Å². The zero-order chi connectivity index (χ0) is 21.5. The first kappa shape index (κ1) is 22.3. The molecule has 7 nitrogen and oxygen atoms in total. The van der Waals surface area contributed by atoms with Gasteiger partial charge in [0.05, 0.1) is 18.4 Å². The number of amides is 1. The third-order valence-electron chi connectivity index (χ3n) is 4.14. The number of thiophene rings is 2. The lowest BCUT2D eigenvalue weighted by molar-refractivity contribution is -0.113. The fourth-order valence-corrected chi connectivity index (χ4v) is 5.17. The number of nitrogens with one attached hydrogen (secondary N) is 1. The first-order valence-electron chi connectivity index (χ1n) is 9.24. The van der Waals surface area contributed by atoms with E-state index in [1.54, 1.807) is 23.5 Å². The summed E-state index contributed by atoms with van der Waals surface area (Å²) in [5.74, 6) is 0.299. The van der Waals surface area contributed by atoms with Gasteiger partial charge >= 0.3 is 5.97 Å². The van der Waals surface area contributed by atoms with Gasteiger partial charge in [-0.1, -0.05) is 30.8 Å². The van der Waals surface area contributed by atoms with Gasteiger partial charge in [-0.2, -0.15) is 0 Å². The quantitative estimate of drug-likeness (QED) is 0.275. The van der Waals surface area contributed by atoms with Crippen LogP contribution in [0, 0.1) is 0 Å². The molecule has 0 saturated heterocycles. The highest BCUT2D eigenvalue weighted by Crippen LogP contribution is 2.30. The normalized spacial score (nSPS) is 10.7. The second kappa shape index (κ2) is 10.6. The minimum Gasteiger partial charge on any atom is -0.465 e. The highest BCUT2D eigenvalue weighted by Gasteiger charge is 2.19. The van der Waals surface area contributed by atoms with E-state index in [0.717, 1.165) is 17.1 Å². The Morgan fingerprint density at radius 1 is 1.37 bits per heavy atom. The molecule has 158 valence electrons. The Hall–Kier alpha value is -2.43. The zero-order valence-electron chi connectivity index (χ0n) is 16.7. The van der Waals surface area contributed by atoms with Gasteiger partial charge in [-0.15, -0.1) is 39.4 Å². The SMILES string of the molecule is C=CCn1c(Cc2cccs2)nnc1SCC(=O)Nc1sc(CC)cc1C(=O)OC. The molecule has 0 atom stereocenters. The van der Waals surface area contributed by atoms with Crippen LogP contribution in [0.4, 0.5) is 5.00 Å². The summed E-state index contributed by atoms with van der Waals surface area (Å²) in [5, 5.41) is 14.6. The minimum absolute atomic E-state index is 0.147. The minimum atomic E-state index is -0.460. The molecule has 0 fully saturated rings. The van der Waals surface area contributed by atoms with Gasteiger partial charge < -0.3 is 14.6 Å². The summed E-state index contributed by atoms with van der Waals surface area (Å²) in [6.45, 7) is 6.36. The number of anilines is 1. The number of aromatic nitrogens is 3. The molecular weight excluding hydrogens is 440 g/mol.